The Bertz CT molecular complexity index is 796. The number of anilines is 1. The number of carbonyl (C=O) groups is 1. The van der Waals surface area contributed by atoms with Crippen molar-refractivity contribution in [3.63, 3.8) is 0 Å². The van der Waals surface area contributed by atoms with Crippen molar-refractivity contribution in [2.24, 2.45) is 0 Å². The molecule has 1 aliphatic heterocycles. The zero-order chi connectivity index (χ0) is 18.7. The molecule has 1 fully saturated rings. The van der Waals surface area contributed by atoms with E-state index in [1.165, 1.54) is 4.90 Å². The number of aromatic nitrogens is 1. The third-order valence-electron chi connectivity index (χ3n) is 4.21. The van der Waals surface area contributed by atoms with Gasteiger partial charge in [0.2, 0.25) is 0 Å². The van der Waals surface area contributed by atoms with Crippen molar-refractivity contribution >= 4 is 11.7 Å². The van der Waals surface area contributed by atoms with Crippen LogP contribution in [0.3, 0.4) is 0 Å². The summed E-state index contributed by atoms with van der Waals surface area (Å²) in [6.07, 6.45) is 0.727. The maximum absolute atomic E-state index is 13.7. The molecular weight excluding hydrogens is 349 g/mol. The van der Waals surface area contributed by atoms with Crippen LogP contribution in [0.4, 0.5) is 23.7 Å². The molecule has 3 rings (SSSR count). The normalized spacial score (nSPS) is 15.8. The quantitative estimate of drug-likeness (QED) is 0.846. The highest BCUT2D eigenvalue weighted by molar-refractivity contribution is 5.89. The van der Waals surface area contributed by atoms with Crippen LogP contribution in [0.15, 0.2) is 22.7 Å². The Morgan fingerprint density at radius 2 is 2.00 bits per heavy atom. The Morgan fingerprint density at radius 1 is 1.19 bits per heavy atom. The highest BCUT2D eigenvalue weighted by Crippen LogP contribution is 2.20. The highest BCUT2D eigenvalue weighted by Gasteiger charge is 2.22. The fourth-order valence-corrected chi connectivity index (χ4v) is 2.87. The molecule has 0 aliphatic carbocycles. The lowest BCUT2D eigenvalue weighted by atomic mass is 10.3. The van der Waals surface area contributed by atoms with E-state index in [1.807, 2.05) is 13.0 Å². The van der Waals surface area contributed by atoms with Crippen LogP contribution in [0.25, 0.3) is 0 Å². The number of hydrogen-bond acceptors (Lipinski definition) is 4. The number of amides is 2. The summed E-state index contributed by atoms with van der Waals surface area (Å²) in [5, 5.41) is 6.26. The largest absolute Gasteiger partial charge is 0.361 e. The maximum Gasteiger partial charge on any atom is 0.321 e. The SMILES string of the molecule is Cc1cc(CN2CCCN(C(=O)Nc3ccc(F)c(F)c3F)CC2)no1. The second kappa shape index (κ2) is 7.77. The van der Waals surface area contributed by atoms with E-state index in [1.54, 1.807) is 0 Å². The van der Waals surface area contributed by atoms with E-state index in [0.29, 0.717) is 26.2 Å². The summed E-state index contributed by atoms with van der Waals surface area (Å²) in [6.45, 7) is 4.72. The molecule has 0 radical (unpaired) electrons. The third kappa shape index (κ3) is 4.16. The first kappa shape index (κ1) is 18.2. The van der Waals surface area contributed by atoms with Gasteiger partial charge in [0.1, 0.15) is 5.76 Å². The highest BCUT2D eigenvalue weighted by atomic mass is 19.2. The van der Waals surface area contributed by atoms with Crippen molar-refractivity contribution in [3.8, 4) is 0 Å². The van der Waals surface area contributed by atoms with Gasteiger partial charge in [-0.05, 0) is 25.5 Å². The Morgan fingerprint density at radius 3 is 2.73 bits per heavy atom. The monoisotopic (exact) mass is 368 g/mol. The second-order valence-corrected chi connectivity index (χ2v) is 6.20. The van der Waals surface area contributed by atoms with Crippen LogP contribution >= 0.6 is 0 Å². The van der Waals surface area contributed by atoms with Gasteiger partial charge in [-0.15, -0.1) is 0 Å². The molecule has 2 aromatic rings. The summed E-state index contributed by atoms with van der Waals surface area (Å²) in [6, 6.07) is 3.09. The number of nitrogens with one attached hydrogen (secondary N) is 1. The molecule has 0 bridgehead atoms. The first-order chi connectivity index (χ1) is 12.4. The Kier molecular flexibility index (Phi) is 5.46. The smallest absolute Gasteiger partial charge is 0.321 e. The number of benzene rings is 1. The standard InChI is InChI=1S/C17H19F3N4O2/c1-11-9-12(22-26-11)10-23-5-2-6-24(8-7-23)17(25)21-14-4-3-13(18)15(19)16(14)20/h3-4,9H,2,5-8,10H2,1H3,(H,21,25). The minimum absolute atomic E-state index is 0.381. The van der Waals surface area contributed by atoms with Gasteiger partial charge < -0.3 is 14.7 Å². The van der Waals surface area contributed by atoms with Crippen LogP contribution in [0.2, 0.25) is 0 Å². The molecule has 6 nitrogen and oxygen atoms in total. The minimum Gasteiger partial charge on any atom is -0.361 e. The van der Waals surface area contributed by atoms with Gasteiger partial charge in [-0.25, -0.2) is 18.0 Å². The molecule has 2 heterocycles. The van der Waals surface area contributed by atoms with Gasteiger partial charge in [0.15, 0.2) is 17.5 Å². The molecule has 0 saturated carbocycles. The molecule has 1 N–H and O–H groups in total. The molecule has 0 atom stereocenters. The second-order valence-electron chi connectivity index (χ2n) is 6.20. The van der Waals surface area contributed by atoms with Gasteiger partial charge in [-0.2, -0.15) is 0 Å². The summed E-state index contributed by atoms with van der Waals surface area (Å²) in [5.41, 5.74) is 0.442. The Balaban J connectivity index is 1.58. The zero-order valence-corrected chi connectivity index (χ0v) is 14.3. The number of carbonyl (C=O) groups excluding carboxylic acids is 1. The van der Waals surface area contributed by atoms with Crippen LogP contribution in [-0.4, -0.2) is 47.2 Å². The van der Waals surface area contributed by atoms with Gasteiger partial charge >= 0.3 is 6.03 Å². The molecule has 0 unspecified atom stereocenters. The number of urea groups is 1. The van der Waals surface area contributed by atoms with E-state index >= 15 is 0 Å². The Hall–Kier alpha value is -2.55. The van der Waals surface area contributed by atoms with Crippen molar-refractivity contribution < 1.29 is 22.5 Å². The van der Waals surface area contributed by atoms with Crippen LogP contribution in [0.5, 0.6) is 0 Å². The van der Waals surface area contributed by atoms with Gasteiger partial charge in [-0.3, -0.25) is 4.90 Å². The molecule has 1 saturated heterocycles. The van der Waals surface area contributed by atoms with Crippen molar-refractivity contribution in [1.82, 2.24) is 15.0 Å². The van der Waals surface area contributed by atoms with Crippen molar-refractivity contribution in [3.05, 3.63) is 47.1 Å². The summed E-state index contributed by atoms with van der Waals surface area (Å²) in [4.78, 5) is 16.0. The van der Waals surface area contributed by atoms with E-state index < -0.39 is 23.5 Å². The number of halogens is 3. The average Bonchev–Trinajstić information content (AvgIpc) is 2.88. The van der Waals surface area contributed by atoms with Crippen LogP contribution in [0.1, 0.15) is 17.9 Å². The summed E-state index contributed by atoms with van der Waals surface area (Å²) >= 11 is 0. The van der Waals surface area contributed by atoms with Crippen molar-refractivity contribution in [1.29, 1.82) is 0 Å². The van der Waals surface area contributed by atoms with Crippen LogP contribution in [-0.2, 0) is 6.54 Å². The fourth-order valence-electron chi connectivity index (χ4n) is 2.87. The van der Waals surface area contributed by atoms with E-state index in [0.717, 1.165) is 36.6 Å². The average molecular weight is 368 g/mol. The molecule has 1 aromatic carbocycles. The van der Waals surface area contributed by atoms with E-state index in [2.05, 4.69) is 15.4 Å². The number of rotatable bonds is 3. The zero-order valence-electron chi connectivity index (χ0n) is 14.3. The molecular formula is C17H19F3N4O2. The van der Waals surface area contributed by atoms with E-state index in [9.17, 15) is 18.0 Å². The predicted molar refractivity (Wildman–Crippen MR) is 88.0 cm³/mol. The molecule has 0 spiro atoms. The van der Waals surface area contributed by atoms with Crippen LogP contribution < -0.4 is 5.32 Å². The van der Waals surface area contributed by atoms with Gasteiger partial charge in [-0.1, -0.05) is 5.16 Å². The topological polar surface area (TPSA) is 61.6 Å². The first-order valence-corrected chi connectivity index (χ1v) is 8.28. The lowest BCUT2D eigenvalue weighted by Crippen LogP contribution is -2.38. The Labute approximate surface area is 148 Å². The third-order valence-corrected chi connectivity index (χ3v) is 4.21. The van der Waals surface area contributed by atoms with Crippen LogP contribution in [0, 0.1) is 24.4 Å². The lowest BCUT2D eigenvalue weighted by Gasteiger charge is -2.22. The van der Waals surface area contributed by atoms with Crippen molar-refractivity contribution in [2.75, 3.05) is 31.5 Å². The lowest BCUT2D eigenvalue weighted by molar-refractivity contribution is 0.210. The first-order valence-electron chi connectivity index (χ1n) is 8.28. The van der Waals surface area contributed by atoms with Gasteiger partial charge in [0, 0.05) is 38.8 Å². The summed E-state index contributed by atoms with van der Waals surface area (Å²) in [7, 11) is 0. The number of aryl methyl sites for hydroxylation is 1. The molecule has 2 amide bonds. The van der Waals surface area contributed by atoms with Crippen molar-refractivity contribution in [2.45, 2.75) is 19.9 Å². The molecule has 140 valence electrons. The summed E-state index contributed by atoms with van der Waals surface area (Å²) < 4.78 is 45.0. The maximum atomic E-state index is 13.7. The predicted octanol–water partition coefficient (Wildman–Crippen LogP) is 3.14. The minimum atomic E-state index is -1.60. The fraction of sp³-hybridized carbons (Fsp3) is 0.412. The van der Waals surface area contributed by atoms with Gasteiger partial charge in [0.25, 0.3) is 0 Å². The number of nitrogens with zero attached hydrogens (tertiary/aromatic N) is 3. The van der Waals surface area contributed by atoms with E-state index in [-0.39, 0.29) is 5.69 Å². The van der Waals surface area contributed by atoms with Gasteiger partial charge in [0.05, 0.1) is 11.4 Å². The van der Waals surface area contributed by atoms with E-state index in [4.69, 9.17) is 4.52 Å². The molecule has 1 aromatic heterocycles. The number of hydrogen-bond donors (Lipinski definition) is 1. The summed E-state index contributed by atoms with van der Waals surface area (Å²) in [5.74, 6) is -3.57. The molecule has 26 heavy (non-hydrogen) atoms. The molecule has 1 aliphatic rings. The molecule has 9 heteroatoms.